The van der Waals surface area contributed by atoms with Gasteiger partial charge in [-0.3, -0.25) is 0 Å². The van der Waals surface area contributed by atoms with Gasteiger partial charge in [0.2, 0.25) is 0 Å². The highest BCUT2D eigenvalue weighted by Crippen LogP contribution is 2.22. The van der Waals surface area contributed by atoms with E-state index in [0.717, 1.165) is 11.3 Å². The van der Waals surface area contributed by atoms with Gasteiger partial charge in [-0.25, -0.2) is 4.98 Å². The molecule has 0 saturated carbocycles. The lowest BCUT2D eigenvalue weighted by atomic mass is 10.1. The average Bonchev–Trinajstić information content (AvgIpc) is 2.17. The summed E-state index contributed by atoms with van der Waals surface area (Å²) < 4.78 is 0. The molecule has 2 nitrogen and oxygen atoms in total. The summed E-state index contributed by atoms with van der Waals surface area (Å²) in [6.07, 6.45) is 0. The van der Waals surface area contributed by atoms with E-state index in [4.69, 9.17) is 0 Å². The van der Waals surface area contributed by atoms with Gasteiger partial charge >= 0.3 is 0 Å². The Hall–Kier alpha value is -1.57. The molecule has 0 aliphatic heterocycles. The highest BCUT2D eigenvalue weighted by Gasteiger charge is 2.11. The summed E-state index contributed by atoms with van der Waals surface area (Å²) in [7, 11) is 0. The van der Waals surface area contributed by atoms with Crippen LogP contribution in [-0.2, 0) is 0 Å². The van der Waals surface area contributed by atoms with Crippen molar-refractivity contribution in [3.05, 3.63) is 35.4 Å². The monoisotopic (exact) mass is 228 g/mol. The largest absolute Gasteiger partial charge is 0.365 e. The number of anilines is 1. The van der Waals surface area contributed by atoms with Crippen LogP contribution >= 0.6 is 0 Å². The first-order valence-electron chi connectivity index (χ1n) is 6.01. The fraction of sp³-hybridized carbons (Fsp3) is 0.400. The maximum Gasteiger partial charge on any atom is 0.127 e. The van der Waals surface area contributed by atoms with Gasteiger partial charge in [-0.05, 0) is 58.4 Å². The second-order valence-electron chi connectivity index (χ2n) is 5.72. The predicted octanol–water partition coefficient (Wildman–Crippen LogP) is 4.06. The Balaban J connectivity index is 2.52. The number of hydrogen-bond acceptors (Lipinski definition) is 2. The van der Waals surface area contributed by atoms with Crippen molar-refractivity contribution in [3.8, 4) is 0 Å². The first-order valence-corrected chi connectivity index (χ1v) is 6.01. The number of rotatable bonds is 1. The van der Waals surface area contributed by atoms with E-state index < -0.39 is 0 Å². The first-order chi connectivity index (χ1) is 7.85. The van der Waals surface area contributed by atoms with Crippen molar-refractivity contribution in [2.75, 3.05) is 5.32 Å². The molecule has 0 fully saturated rings. The molecule has 0 atom stereocenters. The molecule has 2 aromatic rings. The summed E-state index contributed by atoms with van der Waals surface area (Å²) >= 11 is 0. The molecule has 0 spiro atoms. The van der Waals surface area contributed by atoms with Gasteiger partial charge in [0.1, 0.15) is 5.82 Å². The molecule has 0 aliphatic rings. The van der Waals surface area contributed by atoms with Gasteiger partial charge in [-0.1, -0.05) is 11.6 Å². The number of nitrogens with zero attached hydrogens (tertiary/aromatic N) is 1. The molecule has 0 amide bonds. The highest BCUT2D eigenvalue weighted by molar-refractivity contribution is 5.84. The zero-order valence-electron chi connectivity index (χ0n) is 11.3. The van der Waals surface area contributed by atoms with Gasteiger partial charge in [-0.2, -0.15) is 0 Å². The quantitative estimate of drug-likeness (QED) is 0.796. The average molecular weight is 228 g/mol. The molecule has 17 heavy (non-hydrogen) atoms. The summed E-state index contributed by atoms with van der Waals surface area (Å²) in [5.41, 5.74) is 3.64. The van der Waals surface area contributed by atoms with Crippen LogP contribution in [0.3, 0.4) is 0 Å². The summed E-state index contributed by atoms with van der Waals surface area (Å²) in [6.45, 7) is 10.7. The van der Waals surface area contributed by atoms with E-state index in [2.05, 4.69) is 69.2 Å². The van der Waals surface area contributed by atoms with Gasteiger partial charge in [0.15, 0.2) is 0 Å². The third-order valence-corrected chi connectivity index (χ3v) is 2.67. The van der Waals surface area contributed by atoms with Crippen molar-refractivity contribution < 1.29 is 0 Å². The maximum atomic E-state index is 4.65. The Morgan fingerprint density at radius 1 is 1.06 bits per heavy atom. The van der Waals surface area contributed by atoms with Crippen LogP contribution in [0.2, 0.25) is 0 Å². The van der Waals surface area contributed by atoms with Crippen molar-refractivity contribution >= 4 is 16.7 Å². The van der Waals surface area contributed by atoms with Crippen LogP contribution in [0, 0.1) is 13.8 Å². The summed E-state index contributed by atoms with van der Waals surface area (Å²) in [6, 6.07) is 8.51. The second-order valence-corrected chi connectivity index (χ2v) is 5.72. The van der Waals surface area contributed by atoms with Crippen molar-refractivity contribution in [1.82, 2.24) is 4.98 Å². The van der Waals surface area contributed by atoms with E-state index >= 15 is 0 Å². The normalized spacial score (nSPS) is 11.8. The van der Waals surface area contributed by atoms with E-state index in [1.807, 2.05) is 0 Å². The smallest absolute Gasteiger partial charge is 0.127 e. The van der Waals surface area contributed by atoms with Crippen LogP contribution in [0.25, 0.3) is 10.9 Å². The van der Waals surface area contributed by atoms with Crippen molar-refractivity contribution in [1.29, 1.82) is 0 Å². The summed E-state index contributed by atoms with van der Waals surface area (Å²) in [5.74, 6) is 0.950. The lowest BCUT2D eigenvalue weighted by Gasteiger charge is -2.22. The number of aromatic nitrogens is 1. The third-order valence-electron chi connectivity index (χ3n) is 2.67. The van der Waals surface area contributed by atoms with E-state index in [9.17, 15) is 0 Å². The minimum atomic E-state index is 0.0395. The zero-order chi connectivity index (χ0) is 12.6. The molecule has 0 aliphatic carbocycles. The van der Waals surface area contributed by atoms with Crippen molar-refractivity contribution in [2.24, 2.45) is 0 Å². The van der Waals surface area contributed by atoms with E-state index in [0.29, 0.717) is 0 Å². The van der Waals surface area contributed by atoms with E-state index in [-0.39, 0.29) is 5.54 Å². The second kappa shape index (κ2) is 4.02. The van der Waals surface area contributed by atoms with Crippen molar-refractivity contribution in [3.63, 3.8) is 0 Å². The molecule has 2 rings (SSSR count). The first kappa shape index (κ1) is 11.9. The van der Waals surface area contributed by atoms with Gasteiger partial charge in [0.25, 0.3) is 0 Å². The molecule has 0 bridgehead atoms. The van der Waals surface area contributed by atoms with Gasteiger partial charge in [0.05, 0.1) is 5.52 Å². The molecule has 1 heterocycles. The Morgan fingerprint density at radius 2 is 1.76 bits per heavy atom. The Kier molecular flexibility index (Phi) is 2.82. The molecule has 2 heteroatoms. The summed E-state index contributed by atoms with van der Waals surface area (Å²) in [4.78, 5) is 4.65. The molecule has 0 radical (unpaired) electrons. The summed E-state index contributed by atoms with van der Waals surface area (Å²) in [5, 5.41) is 4.66. The van der Waals surface area contributed by atoms with Gasteiger partial charge < -0.3 is 5.32 Å². The van der Waals surface area contributed by atoms with Crippen molar-refractivity contribution in [2.45, 2.75) is 40.2 Å². The standard InChI is InChI=1S/C15H20N2/c1-10-6-7-13-12(8-10)11(2)9-14(16-13)17-15(3,4)5/h6-9H,1-5H3,(H,16,17). The lowest BCUT2D eigenvalue weighted by molar-refractivity contribution is 0.631. The Morgan fingerprint density at radius 3 is 2.41 bits per heavy atom. The molecule has 0 unspecified atom stereocenters. The SMILES string of the molecule is Cc1ccc2nc(NC(C)(C)C)cc(C)c2c1. The Labute approximate surface area is 103 Å². The molecule has 1 aromatic heterocycles. The molecular formula is C15H20N2. The van der Waals surface area contributed by atoms with Crippen LogP contribution in [0.15, 0.2) is 24.3 Å². The van der Waals surface area contributed by atoms with Crippen LogP contribution in [-0.4, -0.2) is 10.5 Å². The molecule has 1 aromatic carbocycles. The highest BCUT2D eigenvalue weighted by atomic mass is 15.0. The van der Waals surface area contributed by atoms with E-state index in [1.54, 1.807) is 0 Å². The maximum absolute atomic E-state index is 4.65. The fourth-order valence-electron chi connectivity index (χ4n) is 1.96. The molecule has 90 valence electrons. The number of pyridine rings is 1. The predicted molar refractivity (Wildman–Crippen MR) is 74.6 cm³/mol. The van der Waals surface area contributed by atoms with E-state index in [1.165, 1.54) is 16.5 Å². The van der Waals surface area contributed by atoms with Crippen LogP contribution in [0.1, 0.15) is 31.9 Å². The zero-order valence-corrected chi connectivity index (χ0v) is 11.3. The number of fused-ring (bicyclic) bond motifs is 1. The lowest BCUT2D eigenvalue weighted by Crippen LogP contribution is -2.26. The number of aryl methyl sites for hydroxylation is 2. The minimum Gasteiger partial charge on any atom is -0.365 e. The fourth-order valence-corrected chi connectivity index (χ4v) is 1.96. The minimum absolute atomic E-state index is 0.0395. The number of nitrogens with one attached hydrogen (secondary N) is 1. The Bertz CT molecular complexity index is 551. The topological polar surface area (TPSA) is 24.9 Å². The third kappa shape index (κ3) is 2.76. The van der Waals surface area contributed by atoms with Crippen LogP contribution in [0.4, 0.5) is 5.82 Å². The molecule has 0 saturated heterocycles. The van der Waals surface area contributed by atoms with Gasteiger partial charge in [0, 0.05) is 10.9 Å². The molecular weight excluding hydrogens is 208 g/mol. The molecule has 1 N–H and O–H groups in total. The van der Waals surface area contributed by atoms with Gasteiger partial charge in [-0.15, -0.1) is 0 Å². The number of benzene rings is 1. The number of hydrogen-bond donors (Lipinski definition) is 1. The van der Waals surface area contributed by atoms with Crippen LogP contribution in [0.5, 0.6) is 0 Å². The van der Waals surface area contributed by atoms with Crippen LogP contribution < -0.4 is 5.32 Å².